The van der Waals surface area contributed by atoms with Gasteiger partial charge >= 0.3 is 5.97 Å². The summed E-state index contributed by atoms with van der Waals surface area (Å²) in [6.07, 6.45) is 0.483. The molecule has 0 unspecified atom stereocenters. The third-order valence-corrected chi connectivity index (χ3v) is 2.40. The van der Waals surface area contributed by atoms with Gasteiger partial charge in [0, 0.05) is 5.56 Å². The van der Waals surface area contributed by atoms with Crippen molar-refractivity contribution in [2.45, 2.75) is 13.3 Å². The number of aldehydes is 1. The highest BCUT2D eigenvalue weighted by Crippen LogP contribution is 2.24. The minimum atomic E-state index is -0.481. The van der Waals surface area contributed by atoms with Crippen molar-refractivity contribution in [3.8, 4) is 11.8 Å². The molecule has 0 spiro atoms. The lowest BCUT2D eigenvalue weighted by molar-refractivity contribution is -0.142. The Balaban J connectivity index is 3.25. The van der Waals surface area contributed by atoms with Crippen LogP contribution in [0.15, 0.2) is 12.1 Å². The summed E-state index contributed by atoms with van der Waals surface area (Å²) in [5.41, 5.74) is 0.820. The van der Waals surface area contributed by atoms with Gasteiger partial charge in [-0.05, 0) is 24.6 Å². The first-order chi connectivity index (χ1) is 8.67. The molecule has 0 atom stereocenters. The van der Waals surface area contributed by atoms with Gasteiger partial charge in [-0.1, -0.05) is 0 Å². The van der Waals surface area contributed by atoms with E-state index in [1.807, 2.05) is 6.07 Å². The van der Waals surface area contributed by atoms with Gasteiger partial charge in [-0.2, -0.15) is 5.26 Å². The Hall–Kier alpha value is -2.35. The van der Waals surface area contributed by atoms with E-state index in [-0.39, 0.29) is 18.6 Å². The van der Waals surface area contributed by atoms with Gasteiger partial charge in [-0.15, -0.1) is 0 Å². The van der Waals surface area contributed by atoms with E-state index in [1.165, 1.54) is 19.2 Å². The molecule has 1 aromatic rings. The van der Waals surface area contributed by atoms with Gasteiger partial charge in [0.25, 0.3) is 0 Å². The molecular weight excluding hydrogens is 234 g/mol. The fourth-order valence-electron chi connectivity index (χ4n) is 1.59. The van der Waals surface area contributed by atoms with Gasteiger partial charge < -0.3 is 9.47 Å². The maximum atomic E-state index is 11.5. The van der Waals surface area contributed by atoms with Crippen LogP contribution in [0.5, 0.6) is 5.75 Å². The second-order valence-corrected chi connectivity index (χ2v) is 3.42. The Morgan fingerprint density at radius 1 is 1.50 bits per heavy atom. The fourth-order valence-corrected chi connectivity index (χ4v) is 1.59. The molecular formula is C13H13NO4. The molecule has 0 heterocycles. The van der Waals surface area contributed by atoms with E-state index in [9.17, 15) is 9.59 Å². The van der Waals surface area contributed by atoms with Gasteiger partial charge in [0.15, 0.2) is 0 Å². The molecule has 0 amide bonds. The van der Waals surface area contributed by atoms with Crippen LogP contribution in [0.1, 0.15) is 28.4 Å². The molecule has 0 aliphatic carbocycles. The van der Waals surface area contributed by atoms with Crippen LogP contribution in [-0.2, 0) is 16.0 Å². The van der Waals surface area contributed by atoms with Gasteiger partial charge in [0.1, 0.15) is 18.1 Å². The molecule has 0 aliphatic rings. The number of nitriles is 1. The van der Waals surface area contributed by atoms with Crippen molar-refractivity contribution in [1.82, 2.24) is 0 Å². The third-order valence-electron chi connectivity index (χ3n) is 2.40. The van der Waals surface area contributed by atoms with Gasteiger partial charge in [-0.3, -0.25) is 9.59 Å². The number of benzene rings is 1. The number of ether oxygens (including phenoxy) is 2. The summed E-state index contributed by atoms with van der Waals surface area (Å²) >= 11 is 0. The first-order valence-corrected chi connectivity index (χ1v) is 5.38. The average molecular weight is 247 g/mol. The lowest BCUT2D eigenvalue weighted by atomic mass is 9.98. The molecule has 5 nitrogen and oxygen atoms in total. The van der Waals surface area contributed by atoms with Crippen LogP contribution >= 0.6 is 0 Å². The topological polar surface area (TPSA) is 76.4 Å². The Morgan fingerprint density at radius 2 is 2.22 bits per heavy atom. The van der Waals surface area contributed by atoms with Crippen LogP contribution in [0, 0.1) is 11.3 Å². The SMILES string of the molecule is CCOC(=O)Cc1c(C=O)ccc(OC)c1C#N. The second-order valence-electron chi connectivity index (χ2n) is 3.42. The third kappa shape index (κ3) is 2.86. The van der Waals surface area contributed by atoms with Crippen molar-refractivity contribution in [3.05, 3.63) is 28.8 Å². The quantitative estimate of drug-likeness (QED) is 0.582. The van der Waals surface area contributed by atoms with Crippen LogP contribution < -0.4 is 4.74 Å². The molecule has 5 heteroatoms. The standard InChI is InChI=1S/C13H13NO4/c1-3-18-13(16)6-10-9(8-15)4-5-12(17-2)11(10)7-14/h4-5,8H,3,6H2,1-2H3. The fraction of sp³-hybridized carbons (Fsp3) is 0.308. The minimum absolute atomic E-state index is 0.123. The number of esters is 1. The number of rotatable bonds is 5. The number of hydrogen-bond acceptors (Lipinski definition) is 5. The van der Waals surface area contributed by atoms with E-state index in [4.69, 9.17) is 14.7 Å². The Labute approximate surface area is 105 Å². The summed E-state index contributed by atoms with van der Waals surface area (Å²) in [6, 6.07) is 4.99. The summed E-state index contributed by atoms with van der Waals surface area (Å²) in [6.45, 7) is 1.94. The van der Waals surface area contributed by atoms with Crippen molar-refractivity contribution >= 4 is 12.3 Å². The molecule has 0 radical (unpaired) electrons. The largest absolute Gasteiger partial charge is 0.495 e. The Kier molecular flexibility index (Phi) is 4.88. The maximum absolute atomic E-state index is 11.5. The van der Waals surface area contributed by atoms with Crippen molar-refractivity contribution in [1.29, 1.82) is 5.26 Å². The Bertz CT molecular complexity index is 502. The van der Waals surface area contributed by atoms with E-state index >= 15 is 0 Å². The van der Waals surface area contributed by atoms with E-state index < -0.39 is 5.97 Å². The lowest BCUT2D eigenvalue weighted by Crippen LogP contribution is -2.11. The van der Waals surface area contributed by atoms with Crippen molar-refractivity contribution in [2.75, 3.05) is 13.7 Å². The van der Waals surface area contributed by atoms with Crippen molar-refractivity contribution < 1.29 is 19.1 Å². The zero-order chi connectivity index (χ0) is 13.5. The molecule has 0 aromatic heterocycles. The molecule has 0 aliphatic heterocycles. The number of carbonyl (C=O) groups excluding carboxylic acids is 2. The van der Waals surface area contributed by atoms with Crippen molar-refractivity contribution in [3.63, 3.8) is 0 Å². The molecule has 18 heavy (non-hydrogen) atoms. The van der Waals surface area contributed by atoms with E-state index in [1.54, 1.807) is 6.92 Å². The molecule has 0 fully saturated rings. The smallest absolute Gasteiger partial charge is 0.310 e. The molecule has 0 saturated carbocycles. The van der Waals surface area contributed by atoms with Crippen LogP contribution in [0.3, 0.4) is 0 Å². The lowest BCUT2D eigenvalue weighted by Gasteiger charge is -2.10. The average Bonchev–Trinajstić information content (AvgIpc) is 2.38. The van der Waals surface area contributed by atoms with Crippen LogP contribution in [0.25, 0.3) is 0 Å². The zero-order valence-corrected chi connectivity index (χ0v) is 10.2. The summed E-state index contributed by atoms with van der Waals surface area (Å²) in [5.74, 6) is -0.146. The normalized spacial score (nSPS) is 9.39. The number of hydrogen-bond donors (Lipinski definition) is 0. The highest BCUT2D eigenvalue weighted by atomic mass is 16.5. The number of nitrogens with zero attached hydrogens (tertiary/aromatic N) is 1. The molecule has 94 valence electrons. The molecule has 0 bridgehead atoms. The van der Waals surface area contributed by atoms with Gasteiger partial charge in [0.05, 0.1) is 25.7 Å². The first kappa shape index (κ1) is 13.7. The molecule has 1 rings (SSSR count). The van der Waals surface area contributed by atoms with Crippen LogP contribution in [0.2, 0.25) is 0 Å². The molecule has 0 N–H and O–H groups in total. The summed E-state index contributed by atoms with van der Waals surface area (Å²) in [5, 5.41) is 9.10. The Morgan fingerprint density at radius 3 is 2.72 bits per heavy atom. The van der Waals surface area contributed by atoms with Gasteiger partial charge in [-0.25, -0.2) is 0 Å². The highest BCUT2D eigenvalue weighted by Gasteiger charge is 2.17. The minimum Gasteiger partial charge on any atom is -0.495 e. The van der Waals surface area contributed by atoms with Crippen molar-refractivity contribution in [2.24, 2.45) is 0 Å². The zero-order valence-electron chi connectivity index (χ0n) is 10.2. The summed E-state index contributed by atoms with van der Waals surface area (Å²) in [4.78, 5) is 22.4. The maximum Gasteiger partial charge on any atom is 0.310 e. The molecule has 1 aromatic carbocycles. The summed E-state index contributed by atoms with van der Waals surface area (Å²) < 4.78 is 9.84. The number of methoxy groups -OCH3 is 1. The predicted molar refractivity (Wildman–Crippen MR) is 63.4 cm³/mol. The van der Waals surface area contributed by atoms with E-state index in [0.717, 1.165) is 0 Å². The highest BCUT2D eigenvalue weighted by molar-refractivity contribution is 5.84. The first-order valence-electron chi connectivity index (χ1n) is 5.38. The van der Waals surface area contributed by atoms with Gasteiger partial charge in [0.2, 0.25) is 0 Å². The van der Waals surface area contributed by atoms with Crippen LogP contribution in [-0.4, -0.2) is 26.0 Å². The summed E-state index contributed by atoms with van der Waals surface area (Å²) in [7, 11) is 1.42. The van der Waals surface area contributed by atoms with E-state index in [2.05, 4.69) is 0 Å². The molecule has 0 saturated heterocycles. The second kappa shape index (κ2) is 6.40. The number of carbonyl (C=O) groups is 2. The van der Waals surface area contributed by atoms with Crippen LogP contribution in [0.4, 0.5) is 0 Å². The monoisotopic (exact) mass is 247 g/mol. The predicted octanol–water partition coefficient (Wildman–Crippen LogP) is 1.48. The van der Waals surface area contributed by atoms with E-state index in [0.29, 0.717) is 23.2 Å².